The molecule has 0 aromatic heterocycles. The Labute approximate surface area is 102 Å². The Morgan fingerprint density at radius 1 is 1.24 bits per heavy atom. The van der Waals surface area contributed by atoms with Crippen LogP contribution in [0.1, 0.15) is 32.1 Å². The van der Waals surface area contributed by atoms with Gasteiger partial charge in [0.1, 0.15) is 6.04 Å². The Balaban J connectivity index is 2.05. The lowest BCUT2D eigenvalue weighted by Gasteiger charge is -2.27. The van der Waals surface area contributed by atoms with Crippen LogP contribution in [0.5, 0.6) is 0 Å². The van der Waals surface area contributed by atoms with Crippen molar-refractivity contribution in [1.82, 2.24) is 10.2 Å². The maximum absolute atomic E-state index is 12.4. The van der Waals surface area contributed by atoms with Crippen molar-refractivity contribution in [2.24, 2.45) is 11.7 Å². The third kappa shape index (κ3) is 2.29. The lowest BCUT2D eigenvalue weighted by molar-refractivity contribution is -0.141. The van der Waals surface area contributed by atoms with Gasteiger partial charge in [-0.25, -0.2) is 0 Å². The third-order valence-electron chi connectivity index (χ3n) is 3.97. The SMILES string of the molecule is CNC(=O)C1CCCN1C(=O)C1CCCC1N. The van der Waals surface area contributed by atoms with Crippen molar-refractivity contribution in [3.8, 4) is 0 Å². The number of likely N-dealkylation sites (tertiary alicyclic amines) is 1. The number of nitrogens with two attached hydrogens (primary N) is 1. The Bertz CT molecular complexity index is 319. The summed E-state index contributed by atoms with van der Waals surface area (Å²) in [5, 5.41) is 2.63. The van der Waals surface area contributed by atoms with E-state index in [0.717, 1.165) is 32.1 Å². The van der Waals surface area contributed by atoms with E-state index in [9.17, 15) is 9.59 Å². The molecule has 2 amide bonds. The molecule has 2 aliphatic rings. The summed E-state index contributed by atoms with van der Waals surface area (Å²) in [5.41, 5.74) is 5.95. The fourth-order valence-corrected chi connectivity index (χ4v) is 2.98. The standard InChI is InChI=1S/C12H21N3O2/c1-14-11(16)10-6-3-7-15(10)12(17)8-4-2-5-9(8)13/h8-10H,2-7,13H2,1H3,(H,14,16). The highest BCUT2D eigenvalue weighted by Gasteiger charge is 2.39. The highest BCUT2D eigenvalue weighted by Crippen LogP contribution is 2.29. The molecule has 2 fully saturated rings. The lowest BCUT2D eigenvalue weighted by atomic mass is 10.0. The molecule has 1 heterocycles. The molecule has 17 heavy (non-hydrogen) atoms. The van der Waals surface area contributed by atoms with Gasteiger partial charge in [-0.05, 0) is 25.7 Å². The van der Waals surface area contributed by atoms with Crippen molar-refractivity contribution < 1.29 is 9.59 Å². The molecule has 0 aromatic rings. The number of hydrogen-bond donors (Lipinski definition) is 2. The summed E-state index contributed by atoms with van der Waals surface area (Å²) in [6.07, 6.45) is 4.50. The van der Waals surface area contributed by atoms with E-state index in [1.54, 1.807) is 11.9 Å². The molecular formula is C12H21N3O2. The molecule has 2 rings (SSSR count). The van der Waals surface area contributed by atoms with Crippen molar-refractivity contribution in [3.63, 3.8) is 0 Å². The van der Waals surface area contributed by atoms with E-state index >= 15 is 0 Å². The van der Waals surface area contributed by atoms with Crippen LogP contribution in [-0.4, -0.2) is 42.4 Å². The van der Waals surface area contributed by atoms with Gasteiger partial charge in [-0.3, -0.25) is 9.59 Å². The van der Waals surface area contributed by atoms with Crippen LogP contribution in [0.4, 0.5) is 0 Å². The van der Waals surface area contributed by atoms with Crippen molar-refractivity contribution in [3.05, 3.63) is 0 Å². The quantitative estimate of drug-likeness (QED) is 0.703. The predicted octanol–water partition coefficient (Wildman–Crippen LogP) is -0.149. The van der Waals surface area contributed by atoms with Crippen molar-refractivity contribution in [2.75, 3.05) is 13.6 Å². The number of nitrogens with one attached hydrogen (secondary N) is 1. The van der Waals surface area contributed by atoms with Gasteiger partial charge >= 0.3 is 0 Å². The van der Waals surface area contributed by atoms with Crippen molar-refractivity contribution >= 4 is 11.8 Å². The van der Waals surface area contributed by atoms with Crippen LogP contribution in [-0.2, 0) is 9.59 Å². The molecule has 5 nitrogen and oxygen atoms in total. The summed E-state index contributed by atoms with van der Waals surface area (Å²) in [4.78, 5) is 25.8. The molecule has 1 aliphatic heterocycles. The second-order valence-corrected chi connectivity index (χ2v) is 5.01. The van der Waals surface area contributed by atoms with Crippen molar-refractivity contribution in [2.45, 2.75) is 44.2 Å². The van der Waals surface area contributed by atoms with Crippen LogP contribution in [0.3, 0.4) is 0 Å². The normalized spacial score (nSPS) is 32.8. The number of likely N-dealkylation sites (N-methyl/N-ethyl adjacent to an activating group) is 1. The van der Waals surface area contributed by atoms with Gasteiger partial charge < -0.3 is 16.0 Å². The van der Waals surface area contributed by atoms with E-state index in [1.807, 2.05) is 0 Å². The van der Waals surface area contributed by atoms with Crippen LogP contribution in [0.2, 0.25) is 0 Å². The van der Waals surface area contributed by atoms with Crippen LogP contribution < -0.4 is 11.1 Å². The molecule has 0 aromatic carbocycles. The van der Waals surface area contributed by atoms with Gasteiger partial charge in [0.25, 0.3) is 0 Å². The Morgan fingerprint density at radius 2 is 2.00 bits per heavy atom. The van der Waals surface area contributed by atoms with Gasteiger partial charge in [-0.2, -0.15) is 0 Å². The Hall–Kier alpha value is -1.10. The van der Waals surface area contributed by atoms with E-state index in [2.05, 4.69) is 5.32 Å². The zero-order valence-corrected chi connectivity index (χ0v) is 10.3. The van der Waals surface area contributed by atoms with Gasteiger partial charge in [0.2, 0.25) is 11.8 Å². The zero-order chi connectivity index (χ0) is 12.4. The molecule has 1 saturated carbocycles. The van der Waals surface area contributed by atoms with Gasteiger partial charge in [0.05, 0.1) is 5.92 Å². The van der Waals surface area contributed by atoms with Crippen molar-refractivity contribution in [1.29, 1.82) is 0 Å². The second kappa shape index (κ2) is 5.04. The molecule has 1 aliphatic carbocycles. The molecule has 5 heteroatoms. The fraction of sp³-hybridized carbons (Fsp3) is 0.833. The molecule has 3 atom stereocenters. The Kier molecular flexibility index (Phi) is 3.66. The van der Waals surface area contributed by atoms with E-state index in [-0.39, 0.29) is 29.8 Å². The maximum Gasteiger partial charge on any atom is 0.242 e. The summed E-state index contributed by atoms with van der Waals surface area (Å²) in [7, 11) is 1.62. The number of carbonyl (C=O) groups is 2. The van der Waals surface area contributed by atoms with Gasteiger partial charge in [0, 0.05) is 19.6 Å². The summed E-state index contributed by atoms with van der Waals surface area (Å²) < 4.78 is 0. The molecule has 96 valence electrons. The minimum Gasteiger partial charge on any atom is -0.357 e. The van der Waals surface area contributed by atoms with Gasteiger partial charge in [0.15, 0.2) is 0 Å². The fourth-order valence-electron chi connectivity index (χ4n) is 2.98. The van der Waals surface area contributed by atoms with E-state index in [4.69, 9.17) is 5.73 Å². The summed E-state index contributed by atoms with van der Waals surface area (Å²) in [5.74, 6) is -0.0382. The first-order chi connectivity index (χ1) is 8.15. The third-order valence-corrected chi connectivity index (χ3v) is 3.97. The average molecular weight is 239 g/mol. The van der Waals surface area contributed by atoms with Crippen LogP contribution in [0, 0.1) is 5.92 Å². The second-order valence-electron chi connectivity index (χ2n) is 5.01. The topological polar surface area (TPSA) is 75.4 Å². The smallest absolute Gasteiger partial charge is 0.242 e. The predicted molar refractivity (Wildman–Crippen MR) is 64.1 cm³/mol. The average Bonchev–Trinajstić information content (AvgIpc) is 2.95. The number of hydrogen-bond acceptors (Lipinski definition) is 3. The lowest BCUT2D eigenvalue weighted by Crippen LogP contribution is -2.49. The first kappa shape index (κ1) is 12.4. The molecule has 3 N–H and O–H groups in total. The first-order valence-corrected chi connectivity index (χ1v) is 6.43. The van der Waals surface area contributed by atoms with Crippen LogP contribution >= 0.6 is 0 Å². The zero-order valence-electron chi connectivity index (χ0n) is 10.3. The largest absolute Gasteiger partial charge is 0.357 e. The molecule has 0 spiro atoms. The summed E-state index contributed by atoms with van der Waals surface area (Å²) in [6.45, 7) is 0.695. The minimum atomic E-state index is -0.278. The van der Waals surface area contributed by atoms with Gasteiger partial charge in [-0.15, -0.1) is 0 Å². The van der Waals surface area contributed by atoms with E-state index in [0.29, 0.717) is 6.54 Å². The van der Waals surface area contributed by atoms with Crippen LogP contribution in [0.25, 0.3) is 0 Å². The number of carbonyl (C=O) groups excluding carboxylic acids is 2. The number of rotatable bonds is 2. The summed E-state index contributed by atoms with van der Waals surface area (Å²) >= 11 is 0. The highest BCUT2D eigenvalue weighted by atomic mass is 16.2. The highest BCUT2D eigenvalue weighted by molar-refractivity contribution is 5.89. The van der Waals surface area contributed by atoms with E-state index in [1.165, 1.54) is 0 Å². The Morgan fingerprint density at radius 3 is 2.59 bits per heavy atom. The first-order valence-electron chi connectivity index (χ1n) is 6.43. The van der Waals surface area contributed by atoms with Crippen LogP contribution in [0.15, 0.2) is 0 Å². The molecular weight excluding hydrogens is 218 g/mol. The number of amides is 2. The monoisotopic (exact) mass is 239 g/mol. The minimum absolute atomic E-state index is 0.0200. The molecule has 3 unspecified atom stereocenters. The molecule has 1 saturated heterocycles. The van der Waals surface area contributed by atoms with E-state index < -0.39 is 0 Å². The molecule has 0 radical (unpaired) electrons. The summed E-state index contributed by atoms with van der Waals surface area (Å²) in [6, 6.07) is -0.297. The number of nitrogens with zero attached hydrogens (tertiary/aromatic N) is 1. The molecule has 0 bridgehead atoms. The van der Waals surface area contributed by atoms with Gasteiger partial charge in [-0.1, -0.05) is 6.42 Å². The maximum atomic E-state index is 12.4.